The number of hydrogen-bond donors (Lipinski definition) is 2. The highest BCUT2D eigenvalue weighted by atomic mass is 15.2. The van der Waals surface area contributed by atoms with Crippen molar-refractivity contribution in [3.8, 4) is 0 Å². The SMILES string of the molecule is CN=C(NCCCC1CCCC1)NCC(C)N(C)C1CC1. The fourth-order valence-electron chi connectivity index (χ4n) is 3.35. The van der Waals surface area contributed by atoms with E-state index in [2.05, 4.69) is 34.5 Å². The molecule has 0 aromatic rings. The Bertz CT molecular complexity index is 319. The number of rotatable bonds is 8. The smallest absolute Gasteiger partial charge is 0.191 e. The molecule has 2 N–H and O–H groups in total. The van der Waals surface area contributed by atoms with Crippen LogP contribution in [0, 0.1) is 5.92 Å². The number of hydrogen-bond acceptors (Lipinski definition) is 2. The molecule has 0 radical (unpaired) electrons. The lowest BCUT2D eigenvalue weighted by molar-refractivity contribution is 0.247. The number of aliphatic imine (C=N–C) groups is 1. The Labute approximate surface area is 130 Å². The molecule has 0 heterocycles. The first kappa shape index (κ1) is 16.6. The molecular formula is C17H34N4. The van der Waals surface area contributed by atoms with Crippen LogP contribution in [-0.2, 0) is 0 Å². The minimum atomic E-state index is 0.564. The Morgan fingerprint density at radius 2 is 1.90 bits per heavy atom. The quantitative estimate of drug-likeness (QED) is 0.411. The van der Waals surface area contributed by atoms with Crippen LogP contribution < -0.4 is 10.6 Å². The number of nitrogens with one attached hydrogen (secondary N) is 2. The molecule has 0 saturated heterocycles. The molecular weight excluding hydrogens is 260 g/mol. The van der Waals surface area contributed by atoms with Gasteiger partial charge in [0, 0.05) is 32.2 Å². The molecule has 2 aliphatic rings. The third kappa shape index (κ3) is 5.85. The molecule has 4 nitrogen and oxygen atoms in total. The van der Waals surface area contributed by atoms with Crippen LogP contribution in [0.4, 0.5) is 0 Å². The zero-order chi connectivity index (χ0) is 15.1. The minimum Gasteiger partial charge on any atom is -0.356 e. The molecule has 122 valence electrons. The van der Waals surface area contributed by atoms with Crippen molar-refractivity contribution in [3.05, 3.63) is 0 Å². The van der Waals surface area contributed by atoms with Crippen LogP contribution in [0.5, 0.6) is 0 Å². The summed E-state index contributed by atoms with van der Waals surface area (Å²) in [4.78, 5) is 6.81. The summed E-state index contributed by atoms with van der Waals surface area (Å²) in [5, 5.41) is 6.91. The average molecular weight is 294 g/mol. The van der Waals surface area contributed by atoms with E-state index in [-0.39, 0.29) is 0 Å². The third-order valence-corrected chi connectivity index (χ3v) is 5.16. The van der Waals surface area contributed by atoms with Crippen molar-refractivity contribution < 1.29 is 0 Å². The fourth-order valence-corrected chi connectivity index (χ4v) is 3.35. The Balaban J connectivity index is 1.54. The fraction of sp³-hybridized carbons (Fsp3) is 0.941. The number of guanidine groups is 1. The molecule has 0 amide bonds. The van der Waals surface area contributed by atoms with Crippen LogP contribution in [0.2, 0.25) is 0 Å². The van der Waals surface area contributed by atoms with Gasteiger partial charge >= 0.3 is 0 Å². The third-order valence-electron chi connectivity index (χ3n) is 5.16. The summed E-state index contributed by atoms with van der Waals surface area (Å²) >= 11 is 0. The van der Waals surface area contributed by atoms with Crippen LogP contribution in [0.25, 0.3) is 0 Å². The van der Waals surface area contributed by atoms with E-state index in [1.54, 1.807) is 0 Å². The summed E-state index contributed by atoms with van der Waals surface area (Å²) in [7, 11) is 4.10. The number of nitrogens with zero attached hydrogens (tertiary/aromatic N) is 2. The summed E-state index contributed by atoms with van der Waals surface area (Å²) in [6.45, 7) is 4.30. The van der Waals surface area contributed by atoms with E-state index in [0.29, 0.717) is 6.04 Å². The topological polar surface area (TPSA) is 39.7 Å². The largest absolute Gasteiger partial charge is 0.356 e. The van der Waals surface area contributed by atoms with Crippen molar-refractivity contribution in [3.63, 3.8) is 0 Å². The molecule has 4 heteroatoms. The Morgan fingerprint density at radius 3 is 2.52 bits per heavy atom. The van der Waals surface area contributed by atoms with Crippen LogP contribution in [-0.4, -0.2) is 50.1 Å². The van der Waals surface area contributed by atoms with E-state index in [1.807, 2.05) is 7.05 Å². The zero-order valence-electron chi connectivity index (χ0n) is 14.2. The average Bonchev–Trinajstić information content (AvgIpc) is 3.22. The maximum Gasteiger partial charge on any atom is 0.191 e. The lowest BCUT2D eigenvalue weighted by Gasteiger charge is -2.25. The molecule has 2 fully saturated rings. The predicted molar refractivity (Wildman–Crippen MR) is 90.8 cm³/mol. The van der Waals surface area contributed by atoms with Gasteiger partial charge in [-0.3, -0.25) is 9.89 Å². The highest BCUT2D eigenvalue weighted by molar-refractivity contribution is 5.79. The van der Waals surface area contributed by atoms with Gasteiger partial charge in [-0.15, -0.1) is 0 Å². The first-order chi connectivity index (χ1) is 10.2. The molecule has 2 saturated carbocycles. The van der Waals surface area contributed by atoms with Gasteiger partial charge in [-0.25, -0.2) is 0 Å². The molecule has 0 spiro atoms. The van der Waals surface area contributed by atoms with Gasteiger partial charge < -0.3 is 10.6 Å². The van der Waals surface area contributed by atoms with Gasteiger partial charge in [0.1, 0.15) is 0 Å². The second-order valence-corrected chi connectivity index (χ2v) is 6.92. The lowest BCUT2D eigenvalue weighted by Crippen LogP contribution is -2.45. The van der Waals surface area contributed by atoms with Crippen molar-refractivity contribution in [1.29, 1.82) is 0 Å². The summed E-state index contributed by atoms with van der Waals surface area (Å²) in [5.41, 5.74) is 0. The maximum absolute atomic E-state index is 4.33. The molecule has 0 bridgehead atoms. The predicted octanol–water partition coefficient (Wildman–Crippen LogP) is 2.60. The Hall–Kier alpha value is -0.770. The van der Waals surface area contributed by atoms with Crippen LogP contribution >= 0.6 is 0 Å². The van der Waals surface area contributed by atoms with Crippen molar-refractivity contribution >= 4 is 5.96 Å². The molecule has 21 heavy (non-hydrogen) atoms. The zero-order valence-corrected chi connectivity index (χ0v) is 14.2. The van der Waals surface area contributed by atoms with Gasteiger partial charge in [-0.2, -0.15) is 0 Å². The molecule has 2 rings (SSSR count). The van der Waals surface area contributed by atoms with Gasteiger partial charge in [-0.1, -0.05) is 25.7 Å². The second-order valence-electron chi connectivity index (χ2n) is 6.92. The van der Waals surface area contributed by atoms with Crippen molar-refractivity contribution in [2.75, 3.05) is 27.2 Å². The van der Waals surface area contributed by atoms with E-state index >= 15 is 0 Å². The first-order valence-corrected chi connectivity index (χ1v) is 8.87. The molecule has 2 aliphatic carbocycles. The van der Waals surface area contributed by atoms with Crippen molar-refractivity contribution in [2.24, 2.45) is 10.9 Å². The van der Waals surface area contributed by atoms with Gasteiger partial charge in [-0.05, 0) is 45.6 Å². The second kappa shape index (κ2) is 8.62. The highest BCUT2D eigenvalue weighted by Gasteiger charge is 2.28. The molecule has 1 atom stereocenters. The van der Waals surface area contributed by atoms with E-state index < -0.39 is 0 Å². The van der Waals surface area contributed by atoms with Gasteiger partial charge in [0.2, 0.25) is 0 Å². The van der Waals surface area contributed by atoms with Gasteiger partial charge in [0.15, 0.2) is 5.96 Å². The Kier molecular flexibility index (Phi) is 6.81. The standard InChI is InChI=1S/C17H34N4/c1-14(21(3)16-10-11-16)13-20-17(18-2)19-12-6-9-15-7-4-5-8-15/h14-16H,4-13H2,1-3H3,(H2,18,19,20). The summed E-state index contributed by atoms with van der Waals surface area (Å²) < 4.78 is 0. The highest BCUT2D eigenvalue weighted by Crippen LogP contribution is 2.28. The van der Waals surface area contributed by atoms with Gasteiger partial charge in [0.05, 0.1) is 0 Å². The maximum atomic E-state index is 4.33. The first-order valence-electron chi connectivity index (χ1n) is 8.87. The Morgan fingerprint density at radius 1 is 1.19 bits per heavy atom. The van der Waals surface area contributed by atoms with Crippen LogP contribution in [0.15, 0.2) is 4.99 Å². The van der Waals surface area contributed by atoms with E-state index in [1.165, 1.54) is 51.4 Å². The summed E-state index contributed by atoms with van der Waals surface area (Å²) in [6.07, 6.45) is 11.2. The van der Waals surface area contributed by atoms with Crippen LogP contribution in [0.3, 0.4) is 0 Å². The van der Waals surface area contributed by atoms with Crippen molar-refractivity contribution in [1.82, 2.24) is 15.5 Å². The minimum absolute atomic E-state index is 0.564. The molecule has 1 unspecified atom stereocenters. The number of likely N-dealkylation sites (N-methyl/N-ethyl adjacent to an activating group) is 1. The van der Waals surface area contributed by atoms with E-state index in [0.717, 1.165) is 31.0 Å². The summed E-state index contributed by atoms with van der Waals surface area (Å²) in [5.74, 6) is 1.95. The van der Waals surface area contributed by atoms with Gasteiger partial charge in [0.25, 0.3) is 0 Å². The molecule has 0 aliphatic heterocycles. The van der Waals surface area contributed by atoms with Crippen LogP contribution in [0.1, 0.15) is 58.3 Å². The lowest BCUT2D eigenvalue weighted by atomic mass is 10.0. The van der Waals surface area contributed by atoms with E-state index in [4.69, 9.17) is 0 Å². The van der Waals surface area contributed by atoms with E-state index in [9.17, 15) is 0 Å². The van der Waals surface area contributed by atoms with Crippen molar-refractivity contribution in [2.45, 2.75) is 70.4 Å². The summed E-state index contributed by atoms with van der Waals surface area (Å²) in [6, 6.07) is 1.39. The monoisotopic (exact) mass is 294 g/mol. The molecule has 0 aromatic carbocycles. The molecule has 0 aromatic heterocycles. The normalized spacial score (nSPS) is 21.8.